The third-order valence-corrected chi connectivity index (χ3v) is 3.75. The Morgan fingerprint density at radius 1 is 1.29 bits per heavy atom. The maximum atomic E-state index is 2.49. The number of benzene rings is 1. The first kappa shape index (κ1) is 10.1. The molecule has 1 saturated heterocycles. The van der Waals surface area contributed by atoms with Crippen molar-refractivity contribution in [3.8, 4) is 0 Å². The lowest BCUT2D eigenvalue weighted by Gasteiger charge is -2.13. The van der Waals surface area contributed by atoms with Gasteiger partial charge in [0.2, 0.25) is 0 Å². The molecule has 1 fully saturated rings. The standard InChI is InChI=1S/C12H17NS/c1-11-5-4-6-12(9-11)10-14-13-7-2-3-8-13/h4-6,9H,2-3,7-8,10H2,1H3. The fourth-order valence-corrected chi connectivity index (χ4v) is 2.81. The predicted octanol–water partition coefficient (Wildman–Crippen LogP) is 3.24. The fraction of sp³-hybridized carbons (Fsp3) is 0.500. The molecule has 0 atom stereocenters. The van der Waals surface area contributed by atoms with Crippen molar-refractivity contribution < 1.29 is 0 Å². The summed E-state index contributed by atoms with van der Waals surface area (Å²) in [5.74, 6) is 1.13. The quantitative estimate of drug-likeness (QED) is 0.700. The Kier molecular flexibility index (Phi) is 3.49. The van der Waals surface area contributed by atoms with Crippen LogP contribution in [0, 0.1) is 6.92 Å². The molecule has 0 saturated carbocycles. The molecule has 14 heavy (non-hydrogen) atoms. The maximum absolute atomic E-state index is 2.49. The molecule has 1 aliphatic heterocycles. The van der Waals surface area contributed by atoms with Gasteiger partial charge in [0.15, 0.2) is 0 Å². The van der Waals surface area contributed by atoms with E-state index in [1.54, 1.807) is 0 Å². The molecular weight excluding hydrogens is 190 g/mol. The summed E-state index contributed by atoms with van der Waals surface area (Å²) in [7, 11) is 0. The van der Waals surface area contributed by atoms with E-state index in [-0.39, 0.29) is 0 Å². The highest BCUT2D eigenvalue weighted by Crippen LogP contribution is 2.22. The molecule has 0 bridgehead atoms. The zero-order valence-electron chi connectivity index (χ0n) is 8.70. The van der Waals surface area contributed by atoms with Crippen molar-refractivity contribution in [1.82, 2.24) is 4.31 Å². The molecule has 0 unspecified atom stereocenters. The molecule has 0 N–H and O–H groups in total. The molecule has 1 aliphatic rings. The number of rotatable bonds is 3. The zero-order chi connectivity index (χ0) is 9.80. The first-order valence-electron chi connectivity index (χ1n) is 5.28. The molecule has 76 valence electrons. The minimum absolute atomic E-state index is 1.13. The number of nitrogens with zero attached hydrogens (tertiary/aromatic N) is 1. The lowest BCUT2D eigenvalue weighted by Crippen LogP contribution is -2.09. The van der Waals surface area contributed by atoms with E-state index in [1.807, 2.05) is 11.9 Å². The number of hydrogen-bond acceptors (Lipinski definition) is 2. The first-order valence-corrected chi connectivity index (χ1v) is 6.22. The molecular formula is C12H17NS. The van der Waals surface area contributed by atoms with E-state index in [2.05, 4.69) is 35.5 Å². The van der Waals surface area contributed by atoms with Crippen LogP contribution in [0.1, 0.15) is 24.0 Å². The topological polar surface area (TPSA) is 3.24 Å². The summed E-state index contributed by atoms with van der Waals surface area (Å²) >= 11 is 1.98. The Morgan fingerprint density at radius 2 is 2.07 bits per heavy atom. The second kappa shape index (κ2) is 4.85. The van der Waals surface area contributed by atoms with E-state index < -0.39 is 0 Å². The van der Waals surface area contributed by atoms with Crippen molar-refractivity contribution in [2.75, 3.05) is 13.1 Å². The van der Waals surface area contributed by atoms with E-state index in [9.17, 15) is 0 Å². The lowest BCUT2D eigenvalue weighted by atomic mass is 10.2. The third kappa shape index (κ3) is 2.76. The molecule has 1 heterocycles. The molecule has 2 heteroatoms. The minimum Gasteiger partial charge on any atom is -0.250 e. The van der Waals surface area contributed by atoms with Crippen LogP contribution >= 0.6 is 11.9 Å². The average Bonchev–Trinajstić information content (AvgIpc) is 2.67. The van der Waals surface area contributed by atoms with Gasteiger partial charge in [-0.2, -0.15) is 0 Å². The number of aryl methyl sites for hydroxylation is 1. The molecule has 0 aromatic heterocycles. The van der Waals surface area contributed by atoms with Gasteiger partial charge < -0.3 is 0 Å². The van der Waals surface area contributed by atoms with Crippen LogP contribution in [0.15, 0.2) is 24.3 Å². The Labute approximate surface area is 90.6 Å². The van der Waals surface area contributed by atoms with Crippen molar-refractivity contribution in [1.29, 1.82) is 0 Å². The van der Waals surface area contributed by atoms with Crippen LogP contribution < -0.4 is 0 Å². The highest BCUT2D eigenvalue weighted by molar-refractivity contribution is 7.96. The largest absolute Gasteiger partial charge is 0.250 e. The van der Waals surface area contributed by atoms with E-state index >= 15 is 0 Å². The van der Waals surface area contributed by atoms with Crippen LogP contribution in [0.2, 0.25) is 0 Å². The summed E-state index contributed by atoms with van der Waals surface area (Å²) < 4.78 is 2.49. The Morgan fingerprint density at radius 3 is 2.79 bits per heavy atom. The monoisotopic (exact) mass is 207 g/mol. The van der Waals surface area contributed by atoms with Gasteiger partial charge in [-0.3, -0.25) is 4.31 Å². The summed E-state index contributed by atoms with van der Waals surface area (Å²) in [6.45, 7) is 4.71. The van der Waals surface area contributed by atoms with Gasteiger partial charge in [-0.05, 0) is 25.3 Å². The SMILES string of the molecule is Cc1cccc(CSN2CCCC2)c1. The molecule has 1 aromatic rings. The Balaban J connectivity index is 1.85. The van der Waals surface area contributed by atoms with Gasteiger partial charge in [0.25, 0.3) is 0 Å². The van der Waals surface area contributed by atoms with Crippen LogP contribution in [0.25, 0.3) is 0 Å². The zero-order valence-corrected chi connectivity index (χ0v) is 9.52. The van der Waals surface area contributed by atoms with E-state index in [4.69, 9.17) is 0 Å². The Hall–Kier alpha value is -0.470. The lowest BCUT2D eigenvalue weighted by molar-refractivity contribution is 0.586. The van der Waals surface area contributed by atoms with E-state index in [1.165, 1.54) is 37.1 Å². The summed E-state index contributed by atoms with van der Waals surface area (Å²) in [5.41, 5.74) is 2.81. The highest BCUT2D eigenvalue weighted by Gasteiger charge is 2.11. The van der Waals surface area contributed by atoms with Crippen LogP contribution in [0.4, 0.5) is 0 Å². The first-order chi connectivity index (χ1) is 6.84. The average molecular weight is 207 g/mol. The highest BCUT2D eigenvalue weighted by atomic mass is 32.2. The van der Waals surface area contributed by atoms with E-state index in [0.717, 1.165) is 5.75 Å². The molecule has 0 spiro atoms. The summed E-state index contributed by atoms with van der Waals surface area (Å²) in [6, 6.07) is 8.80. The van der Waals surface area contributed by atoms with Gasteiger partial charge in [-0.15, -0.1) is 0 Å². The predicted molar refractivity (Wildman–Crippen MR) is 63.3 cm³/mol. The summed E-state index contributed by atoms with van der Waals surface area (Å²) in [6.07, 6.45) is 2.75. The van der Waals surface area contributed by atoms with Crippen molar-refractivity contribution >= 4 is 11.9 Å². The molecule has 1 nitrogen and oxygen atoms in total. The van der Waals surface area contributed by atoms with Crippen molar-refractivity contribution in [2.24, 2.45) is 0 Å². The summed E-state index contributed by atoms with van der Waals surface area (Å²) in [4.78, 5) is 0. The van der Waals surface area contributed by atoms with Gasteiger partial charge in [0.1, 0.15) is 0 Å². The van der Waals surface area contributed by atoms with Gasteiger partial charge in [0.05, 0.1) is 0 Å². The molecule has 0 radical (unpaired) electrons. The van der Waals surface area contributed by atoms with Gasteiger partial charge in [0, 0.05) is 18.8 Å². The van der Waals surface area contributed by atoms with Crippen LogP contribution in [-0.2, 0) is 5.75 Å². The molecule has 2 rings (SSSR count). The smallest absolute Gasteiger partial charge is 0.0332 e. The maximum Gasteiger partial charge on any atom is 0.0332 e. The molecule has 0 aliphatic carbocycles. The fourth-order valence-electron chi connectivity index (χ4n) is 1.78. The van der Waals surface area contributed by atoms with Crippen molar-refractivity contribution in [2.45, 2.75) is 25.5 Å². The van der Waals surface area contributed by atoms with Gasteiger partial charge >= 0.3 is 0 Å². The third-order valence-electron chi connectivity index (χ3n) is 2.56. The van der Waals surface area contributed by atoms with Crippen LogP contribution in [0.5, 0.6) is 0 Å². The van der Waals surface area contributed by atoms with Gasteiger partial charge in [-0.25, -0.2) is 0 Å². The van der Waals surface area contributed by atoms with Crippen LogP contribution in [-0.4, -0.2) is 17.4 Å². The van der Waals surface area contributed by atoms with Crippen molar-refractivity contribution in [3.05, 3.63) is 35.4 Å². The van der Waals surface area contributed by atoms with Gasteiger partial charge in [-0.1, -0.05) is 41.8 Å². The second-order valence-electron chi connectivity index (χ2n) is 3.90. The minimum atomic E-state index is 1.13. The molecule has 0 amide bonds. The summed E-state index contributed by atoms with van der Waals surface area (Å²) in [5, 5.41) is 0. The van der Waals surface area contributed by atoms with E-state index in [0.29, 0.717) is 0 Å². The second-order valence-corrected chi connectivity index (χ2v) is 4.96. The Bertz CT molecular complexity index is 292. The van der Waals surface area contributed by atoms with Crippen molar-refractivity contribution in [3.63, 3.8) is 0 Å². The normalized spacial score (nSPS) is 17.5. The number of hydrogen-bond donors (Lipinski definition) is 0. The van der Waals surface area contributed by atoms with Crippen LogP contribution in [0.3, 0.4) is 0 Å². The molecule has 1 aromatic carbocycles.